The van der Waals surface area contributed by atoms with Gasteiger partial charge >= 0.3 is 0 Å². The molecule has 0 aromatic carbocycles. The highest BCUT2D eigenvalue weighted by molar-refractivity contribution is 7.86. The zero-order valence-electron chi connectivity index (χ0n) is 8.80. The van der Waals surface area contributed by atoms with Crippen molar-refractivity contribution in [2.24, 2.45) is 0 Å². The fraction of sp³-hybridized carbons (Fsp3) is 1.00. The van der Waals surface area contributed by atoms with Crippen LogP contribution >= 0.6 is 0 Å². The first-order valence-electron chi connectivity index (χ1n) is 5.24. The van der Waals surface area contributed by atoms with Gasteiger partial charge in [-0.2, -0.15) is 8.42 Å². The van der Waals surface area contributed by atoms with Gasteiger partial charge in [-0.15, -0.1) is 0 Å². The SMILES string of the molecule is CS(=O)(=O)OC1CC2CCC(CO)N2C1. The summed E-state index contributed by atoms with van der Waals surface area (Å²) < 4.78 is 26.9. The molecule has 2 fully saturated rings. The second-order valence-electron chi connectivity index (χ2n) is 4.42. The van der Waals surface area contributed by atoms with Crippen molar-refractivity contribution in [1.29, 1.82) is 0 Å². The van der Waals surface area contributed by atoms with Gasteiger partial charge in [-0.1, -0.05) is 0 Å². The fourth-order valence-electron chi connectivity index (χ4n) is 2.69. The summed E-state index contributed by atoms with van der Waals surface area (Å²) >= 11 is 0. The summed E-state index contributed by atoms with van der Waals surface area (Å²) in [4.78, 5) is 2.18. The molecule has 0 spiro atoms. The van der Waals surface area contributed by atoms with Crippen LogP contribution in [-0.2, 0) is 14.3 Å². The normalized spacial score (nSPS) is 37.1. The van der Waals surface area contributed by atoms with Gasteiger partial charge in [0.25, 0.3) is 10.1 Å². The molecule has 0 radical (unpaired) electrons. The van der Waals surface area contributed by atoms with Crippen molar-refractivity contribution >= 4 is 10.1 Å². The first-order valence-corrected chi connectivity index (χ1v) is 7.06. The molecule has 0 bridgehead atoms. The van der Waals surface area contributed by atoms with Crippen molar-refractivity contribution in [1.82, 2.24) is 4.90 Å². The largest absolute Gasteiger partial charge is 0.395 e. The third kappa shape index (κ3) is 2.50. The van der Waals surface area contributed by atoms with Crippen LogP contribution < -0.4 is 0 Å². The Kier molecular flexibility index (Phi) is 3.03. The molecular weight excluding hydrogens is 218 g/mol. The monoisotopic (exact) mass is 235 g/mol. The third-order valence-corrected chi connectivity index (χ3v) is 3.86. The Hall–Kier alpha value is -0.170. The fourth-order valence-corrected chi connectivity index (χ4v) is 3.33. The van der Waals surface area contributed by atoms with Crippen molar-refractivity contribution in [3.05, 3.63) is 0 Å². The first-order chi connectivity index (χ1) is 6.99. The Balaban J connectivity index is 1.95. The van der Waals surface area contributed by atoms with Crippen LogP contribution in [-0.4, -0.2) is 56.0 Å². The van der Waals surface area contributed by atoms with E-state index < -0.39 is 10.1 Å². The zero-order valence-corrected chi connectivity index (χ0v) is 9.61. The lowest BCUT2D eigenvalue weighted by Gasteiger charge is -2.21. The van der Waals surface area contributed by atoms with Crippen molar-refractivity contribution in [2.75, 3.05) is 19.4 Å². The highest BCUT2D eigenvalue weighted by Gasteiger charge is 2.42. The second kappa shape index (κ2) is 4.01. The zero-order chi connectivity index (χ0) is 11.1. The summed E-state index contributed by atoms with van der Waals surface area (Å²) in [5.74, 6) is 0. The average molecular weight is 235 g/mol. The van der Waals surface area contributed by atoms with Crippen LogP contribution in [0.3, 0.4) is 0 Å². The highest BCUT2D eigenvalue weighted by Crippen LogP contribution is 2.33. The molecule has 5 nitrogen and oxygen atoms in total. The van der Waals surface area contributed by atoms with Crippen LogP contribution in [0.2, 0.25) is 0 Å². The van der Waals surface area contributed by atoms with Gasteiger partial charge in [0.05, 0.1) is 19.0 Å². The molecule has 3 unspecified atom stereocenters. The number of aliphatic hydroxyl groups is 1. The van der Waals surface area contributed by atoms with E-state index in [4.69, 9.17) is 9.29 Å². The first kappa shape index (κ1) is 11.3. The van der Waals surface area contributed by atoms with Gasteiger partial charge in [-0.3, -0.25) is 9.08 Å². The smallest absolute Gasteiger partial charge is 0.264 e. The van der Waals surface area contributed by atoms with Crippen molar-refractivity contribution in [3.8, 4) is 0 Å². The van der Waals surface area contributed by atoms with E-state index in [1.54, 1.807) is 0 Å². The molecule has 3 atom stereocenters. The van der Waals surface area contributed by atoms with Crippen molar-refractivity contribution < 1.29 is 17.7 Å². The standard InChI is InChI=1S/C9H17NO4S/c1-15(12,13)14-9-4-7-2-3-8(6-11)10(7)5-9/h7-9,11H,2-6H2,1H3. The van der Waals surface area contributed by atoms with Gasteiger partial charge in [-0.25, -0.2) is 0 Å². The Morgan fingerprint density at radius 1 is 1.47 bits per heavy atom. The van der Waals surface area contributed by atoms with E-state index in [2.05, 4.69) is 4.90 Å². The number of aliphatic hydroxyl groups excluding tert-OH is 1. The second-order valence-corrected chi connectivity index (χ2v) is 6.02. The molecule has 0 aromatic heterocycles. The number of hydrogen-bond donors (Lipinski definition) is 1. The summed E-state index contributed by atoms with van der Waals surface area (Å²) in [5.41, 5.74) is 0. The summed E-state index contributed by atoms with van der Waals surface area (Å²) in [6.07, 6.45) is 3.67. The van der Waals surface area contributed by atoms with Gasteiger partial charge in [0.2, 0.25) is 0 Å². The summed E-state index contributed by atoms with van der Waals surface area (Å²) in [6, 6.07) is 0.595. The van der Waals surface area contributed by atoms with Gasteiger partial charge in [-0.05, 0) is 19.3 Å². The van der Waals surface area contributed by atoms with Gasteiger partial charge in [0.15, 0.2) is 0 Å². The van der Waals surface area contributed by atoms with Crippen LogP contribution in [0.25, 0.3) is 0 Å². The molecule has 6 heteroatoms. The molecule has 1 N–H and O–H groups in total. The minimum atomic E-state index is -3.35. The molecular formula is C9H17NO4S. The lowest BCUT2D eigenvalue weighted by molar-refractivity contribution is 0.139. The number of nitrogens with zero attached hydrogens (tertiary/aromatic N) is 1. The number of rotatable bonds is 3. The van der Waals surface area contributed by atoms with E-state index in [9.17, 15) is 8.42 Å². The van der Waals surface area contributed by atoms with Gasteiger partial charge in [0, 0.05) is 18.6 Å². The minimum absolute atomic E-state index is 0.155. The predicted octanol–water partition coefficient (Wildman–Crippen LogP) is -0.440. The van der Waals surface area contributed by atoms with Crippen molar-refractivity contribution in [3.63, 3.8) is 0 Å². The predicted molar refractivity (Wildman–Crippen MR) is 54.9 cm³/mol. The van der Waals surface area contributed by atoms with Crippen molar-refractivity contribution in [2.45, 2.75) is 37.5 Å². The molecule has 0 aliphatic carbocycles. The van der Waals surface area contributed by atoms with Crippen LogP contribution in [0.15, 0.2) is 0 Å². The van der Waals surface area contributed by atoms with Gasteiger partial charge in [0.1, 0.15) is 0 Å². The Labute approximate surface area is 90.1 Å². The molecule has 88 valence electrons. The molecule has 2 rings (SSSR count). The van der Waals surface area contributed by atoms with Crippen LogP contribution in [0.1, 0.15) is 19.3 Å². The van der Waals surface area contributed by atoms with E-state index >= 15 is 0 Å². The third-order valence-electron chi connectivity index (χ3n) is 3.24. The van der Waals surface area contributed by atoms with E-state index in [0.29, 0.717) is 12.6 Å². The quantitative estimate of drug-likeness (QED) is 0.672. The minimum Gasteiger partial charge on any atom is -0.395 e. The maximum Gasteiger partial charge on any atom is 0.264 e. The lowest BCUT2D eigenvalue weighted by Crippen LogP contribution is -2.35. The summed E-state index contributed by atoms with van der Waals surface area (Å²) in [6.45, 7) is 0.783. The molecule has 0 amide bonds. The Morgan fingerprint density at radius 3 is 2.80 bits per heavy atom. The van der Waals surface area contributed by atoms with Crippen LogP contribution in [0.4, 0.5) is 0 Å². The lowest BCUT2D eigenvalue weighted by atomic mass is 10.1. The highest BCUT2D eigenvalue weighted by atomic mass is 32.2. The molecule has 2 aliphatic rings. The Bertz CT molecular complexity index is 329. The Morgan fingerprint density at radius 2 is 2.20 bits per heavy atom. The molecule has 2 heterocycles. The topological polar surface area (TPSA) is 66.8 Å². The van der Waals surface area contributed by atoms with E-state index in [1.807, 2.05) is 0 Å². The maximum absolute atomic E-state index is 11.0. The molecule has 2 aliphatic heterocycles. The van der Waals surface area contributed by atoms with E-state index in [-0.39, 0.29) is 18.8 Å². The summed E-state index contributed by atoms with van der Waals surface area (Å²) in [7, 11) is -3.35. The number of fused-ring (bicyclic) bond motifs is 1. The maximum atomic E-state index is 11.0. The van der Waals surface area contributed by atoms with E-state index in [1.165, 1.54) is 0 Å². The summed E-state index contributed by atoms with van der Waals surface area (Å²) in [5, 5.41) is 9.13. The van der Waals surface area contributed by atoms with Crippen LogP contribution in [0, 0.1) is 0 Å². The number of hydrogen-bond acceptors (Lipinski definition) is 5. The van der Waals surface area contributed by atoms with Gasteiger partial charge < -0.3 is 5.11 Å². The molecule has 0 saturated carbocycles. The van der Waals surface area contributed by atoms with Crippen LogP contribution in [0.5, 0.6) is 0 Å². The molecule has 15 heavy (non-hydrogen) atoms. The van der Waals surface area contributed by atoms with E-state index in [0.717, 1.165) is 25.5 Å². The average Bonchev–Trinajstić information content (AvgIpc) is 2.59. The molecule has 2 saturated heterocycles. The molecule has 0 aromatic rings.